The smallest absolute Gasteiger partial charge is 0.220 e. The van der Waals surface area contributed by atoms with Gasteiger partial charge in [-0.25, -0.2) is 0 Å². The van der Waals surface area contributed by atoms with Crippen molar-refractivity contribution in [2.45, 2.75) is 80.1 Å². The van der Waals surface area contributed by atoms with Gasteiger partial charge < -0.3 is 5.11 Å². The Morgan fingerprint density at radius 2 is 1.71 bits per heavy atom. The first-order valence-electron chi connectivity index (χ1n) is 12.0. The number of carbonyl (C=O) groups excluding carboxylic acids is 2. The molecule has 3 nitrogen and oxygen atoms in total. The average molecular weight is 421 g/mol. The van der Waals surface area contributed by atoms with Crippen LogP contribution < -0.4 is 0 Å². The number of Topliss-reactive ketones (excluding diaryl/α,β-unsaturated/α-hetero) is 1. The molecule has 0 aromatic carbocycles. The monoisotopic (exact) mass is 420 g/mol. The molecule has 0 bridgehead atoms. The van der Waals surface area contributed by atoms with Crippen molar-refractivity contribution < 1.29 is 14.7 Å². The van der Waals surface area contributed by atoms with Crippen molar-refractivity contribution in [1.29, 1.82) is 0 Å². The topological polar surface area (TPSA) is 54.4 Å². The molecule has 5 aliphatic rings. The Bertz CT molecular complexity index is 1040. The molecule has 0 aromatic heterocycles. The minimum atomic E-state index is -0.263. The van der Waals surface area contributed by atoms with E-state index in [1.165, 1.54) is 5.57 Å². The van der Waals surface area contributed by atoms with Crippen molar-refractivity contribution >= 4 is 11.6 Å². The van der Waals surface area contributed by atoms with Gasteiger partial charge in [0.15, 0.2) is 5.76 Å². The number of hydrogen-bond acceptors (Lipinski definition) is 3. The first kappa shape index (κ1) is 21.0. The number of rotatable bonds is 0. The van der Waals surface area contributed by atoms with Crippen molar-refractivity contribution in [3.63, 3.8) is 0 Å². The van der Waals surface area contributed by atoms with Crippen LogP contribution in [0.5, 0.6) is 0 Å². The normalized spacial score (nSPS) is 46.8. The predicted molar refractivity (Wildman–Crippen MR) is 122 cm³/mol. The SMILES string of the molecule is CC1=C(O)C(=O)C=C2C1=CC=C1[C@@]2(C)CC[C@@]2(C)[C@@H]3C[C@@H](C)C(=O)C[C@]3(C)CC[C@]12C. The molecule has 0 aliphatic heterocycles. The Morgan fingerprint density at radius 3 is 2.42 bits per heavy atom. The molecule has 1 N–H and O–H groups in total. The number of aliphatic hydroxyl groups is 1. The highest BCUT2D eigenvalue weighted by Crippen LogP contribution is 2.74. The Kier molecular flexibility index (Phi) is 4.14. The van der Waals surface area contributed by atoms with Crippen LogP contribution >= 0.6 is 0 Å². The summed E-state index contributed by atoms with van der Waals surface area (Å²) in [6.07, 6.45) is 12.2. The molecular weight excluding hydrogens is 384 g/mol. The Hall–Kier alpha value is -1.90. The molecule has 5 aliphatic carbocycles. The summed E-state index contributed by atoms with van der Waals surface area (Å²) in [6.45, 7) is 13.6. The van der Waals surface area contributed by atoms with E-state index in [-0.39, 0.29) is 39.1 Å². The van der Waals surface area contributed by atoms with Crippen LogP contribution in [0, 0.1) is 33.5 Å². The second-order valence-corrected chi connectivity index (χ2v) is 12.1. The van der Waals surface area contributed by atoms with Crippen molar-refractivity contribution in [3.8, 4) is 0 Å². The first-order valence-corrected chi connectivity index (χ1v) is 12.0. The molecule has 0 amide bonds. The van der Waals surface area contributed by atoms with Crippen molar-refractivity contribution in [1.82, 2.24) is 0 Å². The minimum Gasteiger partial charge on any atom is -0.504 e. The van der Waals surface area contributed by atoms with Crippen LogP contribution in [0.15, 0.2) is 46.3 Å². The van der Waals surface area contributed by atoms with Gasteiger partial charge in [0.2, 0.25) is 5.78 Å². The number of carbonyl (C=O) groups is 2. The summed E-state index contributed by atoms with van der Waals surface area (Å²) >= 11 is 0. The number of ketones is 2. The second-order valence-electron chi connectivity index (χ2n) is 12.1. The lowest BCUT2D eigenvalue weighted by Gasteiger charge is -2.69. The van der Waals surface area contributed by atoms with Crippen LogP contribution in [-0.4, -0.2) is 16.7 Å². The standard InChI is InChI=1S/C28H36O3/c1-16-13-23-25(3,15-21(16)30)9-11-27(5)22-8-7-18-17(2)24(31)20(29)14-19(18)26(22,4)10-12-28(23,27)6/h7-8,14,16,23,31H,9-13,15H2,1-6H3/t16-,23-,25+,26+,27-,28+/m1/s1. The molecule has 0 heterocycles. The Balaban J connectivity index is 1.65. The Morgan fingerprint density at radius 1 is 1.00 bits per heavy atom. The van der Waals surface area contributed by atoms with Gasteiger partial charge >= 0.3 is 0 Å². The molecular formula is C28H36O3. The minimum absolute atomic E-state index is 0.0350. The fourth-order valence-corrected chi connectivity index (χ4v) is 8.39. The molecule has 0 radical (unpaired) electrons. The number of fused-ring (bicyclic) bond motifs is 7. The van der Waals surface area contributed by atoms with Crippen molar-refractivity contribution in [2.24, 2.45) is 33.5 Å². The summed E-state index contributed by atoms with van der Waals surface area (Å²) in [4.78, 5) is 25.2. The summed E-state index contributed by atoms with van der Waals surface area (Å²) in [6, 6.07) is 0. The lowest BCUT2D eigenvalue weighted by atomic mass is 9.35. The maximum Gasteiger partial charge on any atom is 0.220 e. The third kappa shape index (κ3) is 2.41. The summed E-state index contributed by atoms with van der Waals surface area (Å²) in [7, 11) is 0. The number of hydrogen-bond donors (Lipinski definition) is 1. The van der Waals surface area contributed by atoms with Crippen molar-refractivity contribution in [2.75, 3.05) is 0 Å². The molecule has 0 saturated heterocycles. The predicted octanol–water partition coefficient (Wildman–Crippen LogP) is 6.42. The zero-order valence-corrected chi connectivity index (χ0v) is 19.9. The lowest BCUT2D eigenvalue weighted by Crippen LogP contribution is -2.61. The molecule has 3 saturated carbocycles. The van der Waals surface area contributed by atoms with E-state index in [1.54, 1.807) is 6.08 Å². The van der Waals surface area contributed by atoms with Gasteiger partial charge in [0.25, 0.3) is 0 Å². The summed E-state index contributed by atoms with van der Waals surface area (Å²) in [5.74, 6) is 0.767. The van der Waals surface area contributed by atoms with Gasteiger partial charge in [-0.15, -0.1) is 0 Å². The van der Waals surface area contributed by atoms with Crippen LogP contribution in [0.1, 0.15) is 80.1 Å². The molecule has 0 aromatic rings. The summed E-state index contributed by atoms with van der Waals surface area (Å²) in [5.41, 5.74) is 4.37. The molecule has 0 unspecified atom stereocenters. The van der Waals surface area contributed by atoms with Crippen LogP contribution in [0.25, 0.3) is 0 Å². The first-order chi connectivity index (χ1) is 14.4. The molecule has 5 rings (SSSR count). The van der Waals surface area contributed by atoms with Crippen LogP contribution in [0.2, 0.25) is 0 Å². The van der Waals surface area contributed by atoms with Gasteiger partial charge in [-0.3, -0.25) is 9.59 Å². The molecule has 3 heteroatoms. The van der Waals surface area contributed by atoms with Crippen LogP contribution in [0.4, 0.5) is 0 Å². The van der Waals surface area contributed by atoms with E-state index in [1.807, 2.05) is 6.92 Å². The third-order valence-electron chi connectivity index (χ3n) is 10.7. The maximum atomic E-state index is 12.6. The average Bonchev–Trinajstić information content (AvgIpc) is 2.71. The van der Waals surface area contributed by atoms with Crippen LogP contribution in [0.3, 0.4) is 0 Å². The van der Waals surface area contributed by atoms with E-state index < -0.39 is 0 Å². The fraction of sp³-hybridized carbons (Fsp3) is 0.643. The van der Waals surface area contributed by atoms with E-state index >= 15 is 0 Å². The van der Waals surface area contributed by atoms with Gasteiger partial charge in [0.1, 0.15) is 5.78 Å². The van der Waals surface area contributed by atoms with E-state index in [0.717, 1.165) is 49.7 Å². The van der Waals surface area contributed by atoms with Gasteiger partial charge in [-0.1, -0.05) is 52.3 Å². The molecule has 31 heavy (non-hydrogen) atoms. The van der Waals surface area contributed by atoms with Gasteiger partial charge in [-0.05, 0) is 78.4 Å². The second kappa shape index (κ2) is 6.11. The highest BCUT2D eigenvalue weighted by molar-refractivity contribution is 6.06. The molecule has 166 valence electrons. The fourth-order valence-electron chi connectivity index (χ4n) is 8.39. The largest absolute Gasteiger partial charge is 0.504 e. The molecule has 3 fully saturated rings. The quantitative estimate of drug-likeness (QED) is 0.492. The molecule has 6 atom stereocenters. The zero-order chi connectivity index (χ0) is 22.6. The summed E-state index contributed by atoms with van der Waals surface area (Å²) < 4.78 is 0. The van der Waals surface area contributed by atoms with E-state index in [9.17, 15) is 14.7 Å². The Labute approximate surface area is 186 Å². The van der Waals surface area contributed by atoms with Gasteiger partial charge in [0.05, 0.1) is 0 Å². The third-order valence-corrected chi connectivity index (χ3v) is 10.7. The van der Waals surface area contributed by atoms with Crippen molar-refractivity contribution in [3.05, 3.63) is 46.3 Å². The highest BCUT2D eigenvalue weighted by atomic mass is 16.3. The summed E-state index contributed by atoms with van der Waals surface area (Å²) in [5, 5.41) is 10.2. The number of aliphatic hydroxyl groups excluding tert-OH is 1. The van der Waals surface area contributed by atoms with E-state index in [0.29, 0.717) is 17.3 Å². The maximum absolute atomic E-state index is 12.6. The zero-order valence-electron chi connectivity index (χ0n) is 19.9. The van der Waals surface area contributed by atoms with E-state index in [2.05, 4.69) is 46.8 Å². The van der Waals surface area contributed by atoms with Gasteiger partial charge in [-0.2, -0.15) is 0 Å². The van der Waals surface area contributed by atoms with Crippen LogP contribution in [-0.2, 0) is 9.59 Å². The lowest BCUT2D eigenvalue weighted by molar-refractivity contribution is -0.161. The highest BCUT2D eigenvalue weighted by Gasteiger charge is 2.66. The van der Waals surface area contributed by atoms with Gasteiger partial charge in [0, 0.05) is 23.3 Å². The number of allylic oxidation sites excluding steroid dienone is 7. The molecule has 0 spiro atoms. The van der Waals surface area contributed by atoms with E-state index in [4.69, 9.17) is 0 Å².